The molecule has 1 fully saturated rings. The van der Waals surface area contributed by atoms with Gasteiger partial charge in [0.1, 0.15) is 12.4 Å². The van der Waals surface area contributed by atoms with Crippen LogP contribution in [-0.2, 0) is 16.1 Å². The Morgan fingerprint density at radius 1 is 1.37 bits per heavy atom. The Hall–Kier alpha value is -2.70. The van der Waals surface area contributed by atoms with Gasteiger partial charge in [-0.1, -0.05) is 0 Å². The van der Waals surface area contributed by atoms with Gasteiger partial charge in [0.15, 0.2) is 0 Å². The molecule has 0 saturated carbocycles. The van der Waals surface area contributed by atoms with Crippen molar-refractivity contribution in [2.24, 2.45) is 5.92 Å². The molecule has 1 aromatic heterocycles. The maximum absolute atomic E-state index is 13.1. The summed E-state index contributed by atoms with van der Waals surface area (Å²) < 4.78 is 14.9. The molecule has 7 heteroatoms. The molecule has 1 N–H and O–H groups in total. The van der Waals surface area contributed by atoms with Crippen LogP contribution in [0.1, 0.15) is 31.2 Å². The first-order valence-electron chi connectivity index (χ1n) is 9.31. The van der Waals surface area contributed by atoms with Gasteiger partial charge in [0.25, 0.3) is 0 Å². The van der Waals surface area contributed by atoms with Crippen molar-refractivity contribution < 1.29 is 14.0 Å². The predicted molar refractivity (Wildman–Crippen MR) is 101 cm³/mol. The molecular formula is C20H25FN4O2. The number of anilines is 1. The molecule has 0 radical (unpaired) electrons. The highest BCUT2D eigenvalue weighted by atomic mass is 19.1. The lowest BCUT2D eigenvalue weighted by molar-refractivity contribution is -0.133. The molecule has 6 nitrogen and oxygen atoms in total. The molecule has 27 heavy (non-hydrogen) atoms. The highest BCUT2D eigenvalue weighted by molar-refractivity contribution is 5.91. The van der Waals surface area contributed by atoms with Crippen molar-refractivity contribution in [1.29, 1.82) is 0 Å². The minimum atomic E-state index is -0.312. The number of nitrogens with one attached hydrogen (secondary N) is 1. The molecule has 2 amide bonds. The SMILES string of the molecule is Cc1cc(F)ccc1NC(=O)CC[C@H]1CCCN(C(=O)Cn2ccnc2)C1. The molecule has 1 atom stereocenters. The second-order valence-corrected chi connectivity index (χ2v) is 7.13. The number of aromatic nitrogens is 2. The Kier molecular flexibility index (Phi) is 6.21. The quantitative estimate of drug-likeness (QED) is 0.848. The van der Waals surface area contributed by atoms with Crippen LogP contribution in [-0.4, -0.2) is 39.4 Å². The van der Waals surface area contributed by atoms with Gasteiger partial charge in [-0.2, -0.15) is 0 Å². The Labute approximate surface area is 158 Å². The molecule has 0 aliphatic carbocycles. The van der Waals surface area contributed by atoms with Crippen LogP contribution in [0.15, 0.2) is 36.9 Å². The largest absolute Gasteiger partial charge is 0.341 e. The van der Waals surface area contributed by atoms with Gasteiger partial charge in [-0.25, -0.2) is 9.37 Å². The zero-order valence-electron chi connectivity index (χ0n) is 15.5. The number of rotatable bonds is 6. The third kappa shape index (κ3) is 5.39. The van der Waals surface area contributed by atoms with Gasteiger partial charge in [0.05, 0.1) is 6.33 Å². The van der Waals surface area contributed by atoms with E-state index in [0.29, 0.717) is 36.7 Å². The number of benzene rings is 1. The van der Waals surface area contributed by atoms with E-state index in [9.17, 15) is 14.0 Å². The zero-order valence-corrected chi connectivity index (χ0v) is 15.5. The Bertz CT molecular complexity index is 791. The van der Waals surface area contributed by atoms with Crippen molar-refractivity contribution >= 4 is 17.5 Å². The molecule has 0 unspecified atom stereocenters. The van der Waals surface area contributed by atoms with Gasteiger partial charge in [0, 0.05) is 37.6 Å². The molecule has 1 aliphatic rings. The smallest absolute Gasteiger partial charge is 0.242 e. The number of likely N-dealkylation sites (tertiary alicyclic amines) is 1. The number of halogens is 1. The molecule has 2 heterocycles. The van der Waals surface area contributed by atoms with E-state index < -0.39 is 0 Å². The van der Waals surface area contributed by atoms with E-state index >= 15 is 0 Å². The van der Waals surface area contributed by atoms with Gasteiger partial charge in [-0.05, 0) is 55.9 Å². The third-order valence-electron chi connectivity index (χ3n) is 4.99. The molecule has 1 saturated heterocycles. The van der Waals surface area contributed by atoms with Crippen LogP contribution in [0.5, 0.6) is 0 Å². The van der Waals surface area contributed by atoms with E-state index in [1.54, 1.807) is 36.3 Å². The van der Waals surface area contributed by atoms with Crippen LogP contribution in [0.25, 0.3) is 0 Å². The monoisotopic (exact) mass is 372 g/mol. The van der Waals surface area contributed by atoms with Crippen LogP contribution < -0.4 is 5.32 Å². The summed E-state index contributed by atoms with van der Waals surface area (Å²) >= 11 is 0. The first-order valence-corrected chi connectivity index (χ1v) is 9.31. The van der Waals surface area contributed by atoms with Crippen molar-refractivity contribution in [2.45, 2.75) is 39.2 Å². The van der Waals surface area contributed by atoms with Crippen molar-refractivity contribution in [3.63, 3.8) is 0 Å². The maximum Gasteiger partial charge on any atom is 0.242 e. The zero-order chi connectivity index (χ0) is 19.2. The summed E-state index contributed by atoms with van der Waals surface area (Å²) in [6.07, 6.45) is 8.19. The van der Waals surface area contributed by atoms with Gasteiger partial charge in [0.2, 0.25) is 11.8 Å². The molecule has 1 aromatic carbocycles. The summed E-state index contributed by atoms with van der Waals surface area (Å²) in [4.78, 5) is 30.5. The number of piperidine rings is 1. The highest BCUT2D eigenvalue weighted by Crippen LogP contribution is 2.22. The van der Waals surface area contributed by atoms with Crippen molar-refractivity contribution in [2.75, 3.05) is 18.4 Å². The Morgan fingerprint density at radius 3 is 2.96 bits per heavy atom. The van der Waals surface area contributed by atoms with E-state index in [0.717, 1.165) is 25.8 Å². The summed E-state index contributed by atoms with van der Waals surface area (Å²) in [6.45, 7) is 3.53. The average Bonchev–Trinajstić information content (AvgIpc) is 3.15. The van der Waals surface area contributed by atoms with E-state index in [1.807, 2.05) is 4.90 Å². The van der Waals surface area contributed by atoms with Crippen LogP contribution in [0.4, 0.5) is 10.1 Å². The number of carbonyl (C=O) groups is 2. The maximum atomic E-state index is 13.1. The van der Waals surface area contributed by atoms with Crippen LogP contribution in [0, 0.1) is 18.7 Å². The van der Waals surface area contributed by atoms with E-state index in [2.05, 4.69) is 10.3 Å². The summed E-state index contributed by atoms with van der Waals surface area (Å²) in [5.41, 5.74) is 1.35. The molecular weight excluding hydrogens is 347 g/mol. The topological polar surface area (TPSA) is 67.2 Å². The molecule has 3 rings (SSSR count). The lowest BCUT2D eigenvalue weighted by Gasteiger charge is -2.33. The Morgan fingerprint density at radius 2 is 2.22 bits per heavy atom. The van der Waals surface area contributed by atoms with Crippen LogP contribution in [0.3, 0.4) is 0 Å². The van der Waals surface area contributed by atoms with Crippen molar-refractivity contribution in [3.8, 4) is 0 Å². The summed E-state index contributed by atoms with van der Waals surface area (Å²) in [6, 6.07) is 4.33. The first kappa shape index (κ1) is 19.1. The number of aryl methyl sites for hydroxylation is 1. The van der Waals surface area contributed by atoms with E-state index in [-0.39, 0.29) is 17.6 Å². The summed E-state index contributed by atoms with van der Waals surface area (Å²) in [5, 5.41) is 2.84. The predicted octanol–water partition coefficient (Wildman–Crippen LogP) is 2.99. The van der Waals surface area contributed by atoms with Crippen LogP contribution in [0.2, 0.25) is 0 Å². The lowest BCUT2D eigenvalue weighted by Crippen LogP contribution is -2.41. The number of nitrogens with zero attached hydrogens (tertiary/aromatic N) is 3. The minimum Gasteiger partial charge on any atom is -0.341 e. The van der Waals surface area contributed by atoms with Crippen molar-refractivity contribution in [1.82, 2.24) is 14.5 Å². The number of hydrogen-bond acceptors (Lipinski definition) is 3. The van der Waals surface area contributed by atoms with E-state index in [1.165, 1.54) is 12.1 Å². The summed E-state index contributed by atoms with van der Waals surface area (Å²) in [7, 11) is 0. The fourth-order valence-corrected chi connectivity index (χ4v) is 3.48. The van der Waals surface area contributed by atoms with Gasteiger partial charge < -0.3 is 14.8 Å². The number of hydrogen-bond donors (Lipinski definition) is 1. The Balaban J connectivity index is 1.46. The lowest BCUT2D eigenvalue weighted by atomic mass is 9.93. The molecule has 1 aliphatic heterocycles. The number of amides is 2. The normalized spacial score (nSPS) is 17.0. The standard InChI is InChI=1S/C20H25FN4O2/c1-15-11-17(21)5-6-18(15)23-19(26)7-4-16-3-2-9-25(12-16)20(27)13-24-10-8-22-14-24/h5-6,8,10-11,14,16H,2-4,7,9,12-13H2,1H3,(H,23,26)/t16-/m1/s1. The second-order valence-electron chi connectivity index (χ2n) is 7.13. The highest BCUT2D eigenvalue weighted by Gasteiger charge is 2.24. The first-order chi connectivity index (χ1) is 13.0. The van der Waals surface area contributed by atoms with Crippen LogP contribution >= 0.6 is 0 Å². The third-order valence-corrected chi connectivity index (χ3v) is 4.99. The number of imidazole rings is 1. The molecule has 144 valence electrons. The molecule has 2 aromatic rings. The number of carbonyl (C=O) groups excluding carboxylic acids is 2. The molecule has 0 bridgehead atoms. The fourth-order valence-electron chi connectivity index (χ4n) is 3.48. The second kappa shape index (κ2) is 8.79. The van der Waals surface area contributed by atoms with Gasteiger partial charge >= 0.3 is 0 Å². The van der Waals surface area contributed by atoms with Gasteiger partial charge in [-0.15, -0.1) is 0 Å². The average molecular weight is 372 g/mol. The van der Waals surface area contributed by atoms with Gasteiger partial charge in [-0.3, -0.25) is 9.59 Å². The fraction of sp³-hybridized carbons (Fsp3) is 0.450. The van der Waals surface area contributed by atoms with E-state index in [4.69, 9.17) is 0 Å². The molecule has 0 spiro atoms. The van der Waals surface area contributed by atoms with Crippen molar-refractivity contribution in [3.05, 3.63) is 48.3 Å². The minimum absolute atomic E-state index is 0.0772. The summed E-state index contributed by atoms with van der Waals surface area (Å²) in [5.74, 6) is 0.0226.